The lowest BCUT2D eigenvalue weighted by molar-refractivity contribution is -0.385. The monoisotopic (exact) mass is 331 g/mol. The molecule has 122 valence electrons. The van der Waals surface area contributed by atoms with Gasteiger partial charge in [-0.05, 0) is 19.9 Å². The Morgan fingerprint density at radius 1 is 1.27 bits per heavy atom. The van der Waals surface area contributed by atoms with E-state index >= 15 is 0 Å². The SMILES string of the molecule is CCOP(=O)(Cc1cccc(C(=O)OC)c1[N+](=O)[O-])OCC. The van der Waals surface area contributed by atoms with Gasteiger partial charge in [0.25, 0.3) is 5.69 Å². The second kappa shape index (κ2) is 8.03. The second-order valence-electron chi connectivity index (χ2n) is 4.17. The largest absolute Gasteiger partial charge is 0.465 e. The molecule has 0 heterocycles. The number of carbonyl (C=O) groups excluding carboxylic acids is 1. The van der Waals surface area contributed by atoms with Gasteiger partial charge in [0, 0.05) is 5.56 Å². The highest BCUT2D eigenvalue weighted by molar-refractivity contribution is 7.53. The molecule has 0 saturated carbocycles. The molecule has 1 rings (SSSR count). The van der Waals surface area contributed by atoms with E-state index in [1.807, 2.05) is 0 Å². The molecule has 0 aliphatic rings. The summed E-state index contributed by atoms with van der Waals surface area (Å²) in [4.78, 5) is 22.2. The van der Waals surface area contributed by atoms with Crippen molar-refractivity contribution < 1.29 is 28.1 Å². The molecular formula is C13H18NO7P. The van der Waals surface area contributed by atoms with Gasteiger partial charge >= 0.3 is 13.6 Å². The van der Waals surface area contributed by atoms with Crippen molar-refractivity contribution in [1.29, 1.82) is 0 Å². The van der Waals surface area contributed by atoms with Crippen LogP contribution in [0.4, 0.5) is 5.69 Å². The Bertz CT molecular complexity index is 592. The first-order valence-corrected chi connectivity index (χ1v) is 8.34. The van der Waals surface area contributed by atoms with Crippen LogP contribution >= 0.6 is 7.60 Å². The van der Waals surface area contributed by atoms with E-state index in [9.17, 15) is 19.5 Å². The van der Waals surface area contributed by atoms with Crippen LogP contribution in [0, 0.1) is 10.1 Å². The molecular weight excluding hydrogens is 313 g/mol. The molecule has 9 heteroatoms. The number of para-hydroxylation sites is 1. The summed E-state index contributed by atoms with van der Waals surface area (Å²) in [5.74, 6) is -0.837. The molecule has 1 aromatic rings. The highest BCUT2D eigenvalue weighted by Crippen LogP contribution is 2.52. The summed E-state index contributed by atoms with van der Waals surface area (Å²) in [5, 5.41) is 11.3. The highest BCUT2D eigenvalue weighted by atomic mass is 31.2. The van der Waals surface area contributed by atoms with E-state index < -0.39 is 24.2 Å². The van der Waals surface area contributed by atoms with Crippen molar-refractivity contribution >= 4 is 19.3 Å². The molecule has 22 heavy (non-hydrogen) atoms. The van der Waals surface area contributed by atoms with Crippen LogP contribution in [-0.2, 0) is 24.5 Å². The molecule has 0 amide bonds. The van der Waals surface area contributed by atoms with Crippen molar-refractivity contribution in [3.05, 3.63) is 39.4 Å². The Labute approximate surface area is 128 Å². The molecule has 1 aromatic carbocycles. The third-order valence-electron chi connectivity index (χ3n) is 2.72. The van der Waals surface area contributed by atoms with E-state index in [2.05, 4.69) is 4.74 Å². The van der Waals surface area contributed by atoms with Gasteiger partial charge < -0.3 is 13.8 Å². The summed E-state index contributed by atoms with van der Waals surface area (Å²) in [7, 11) is -2.39. The molecule has 0 spiro atoms. The summed E-state index contributed by atoms with van der Waals surface area (Å²) in [6.45, 7) is 3.57. The van der Waals surface area contributed by atoms with Crippen molar-refractivity contribution in [3.63, 3.8) is 0 Å². The maximum atomic E-state index is 12.5. The number of esters is 1. The van der Waals surface area contributed by atoms with E-state index in [1.165, 1.54) is 18.2 Å². The first-order valence-electron chi connectivity index (χ1n) is 6.61. The summed E-state index contributed by atoms with van der Waals surface area (Å²) in [6, 6.07) is 4.14. The number of methoxy groups -OCH3 is 1. The highest BCUT2D eigenvalue weighted by Gasteiger charge is 2.32. The average molecular weight is 331 g/mol. The Hall–Kier alpha value is -1.76. The van der Waals surface area contributed by atoms with E-state index in [0.717, 1.165) is 7.11 Å². The number of nitro benzene ring substituents is 1. The molecule has 0 radical (unpaired) electrons. The Kier molecular flexibility index (Phi) is 6.67. The summed E-state index contributed by atoms with van der Waals surface area (Å²) in [6.07, 6.45) is -0.296. The van der Waals surface area contributed by atoms with Crippen molar-refractivity contribution in [2.45, 2.75) is 20.0 Å². The van der Waals surface area contributed by atoms with Gasteiger partial charge in [0.1, 0.15) is 5.56 Å². The van der Waals surface area contributed by atoms with Crippen LogP contribution in [0.25, 0.3) is 0 Å². The van der Waals surface area contributed by atoms with Crippen molar-refractivity contribution in [2.75, 3.05) is 20.3 Å². The lowest BCUT2D eigenvalue weighted by atomic mass is 10.1. The quantitative estimate of drug-likeness (QED) is 0.312. The minimum Gasteiger partial charge on any atom is -0.465 e. The minimum atomic E-state index is -3.52. The first kappa shape index (κ1) is 18.3. The van der Waals surface area contributed by atoms with Crippen LogP contribution in [0.1, 0.15) is 29.8 Å². The smallest absolute Gasteiger partial charge is 0.344 e. The van der Waals surface area contributed by atoms with E-state index in [-0.39, 0.29) is 30.5 Å². The van der Waals surface area contributed by atoms with Gasteiger partial charge in [0.05, 0.1) is 31.4 Å². The molecule has 8 nitrogen and oxygen atoms in total. The lowest BCUT2D eigenvalue weighted by Crippen LogP contribution is -2.09. The zero-order valence-electron chi connectivity index (χ0n) is 12.6. The molecule has 0 fully saturated rings. The molecule has 0 N–H and O–H groups in total. The summed E-state index contributed by atoms with van der Waals surface area (Å²) in [5.41, 5.74) is -0.559. The number of nitro groups is 1. The van der Waals surface area contributed by atoms with Gasteiger partial charge in [0.2, 0.25) is 0 Å². The molecule has 0 saturated heterocycles. The summed E-state index contributed by atoms with van der Waals surface area (Å²) >= 11 is 0. The van der Waals surface area contributed by atoms with Gasteiger partial charge in [0.15, 0.2) is 0 Å². The Morgan fingerprint density at radius 2 is 1.86 bits per heavy atom. The van der Waals surface area contributed by atoms with E-state index in [4.69, 9.17) is 9.05 Å². The summed E-state index contributed by atoms with van der Waals surface area (Å²) < 4.78 is 27.3. The molecule has 0 aliphatic carbocycles. The van der Waals surface area contributed by atoms with Crippen molar-refractivity contribution in [1.82, 2.24) is 0 Å². The number of nitrogens with zero attached hydrogens (tertiary/aromatic N) is 1. The maximum absolute atomic E-state index is 12.5. The number of hydrogen-bond donors (Lipinski definition) is 0. The van der Waals surface area contributed by atoms with Crippen LogP contribution in [-0.4, -0.2) is 31.2 Å². The fraction of sp³-hybridized carbons (Fsp3) is 0.462. The molecule has 0 aromatic heterocycles. The standard InChI is InChI=1S/C13H18NO7P/c1-4-20-22(18,21-5-2)9-10-7-6-8-11(13(15)19-3)12(10)14(16)17/h6-8H,4-5,9H2,1-3H3. The van der Waals surface area contributed by atoms with Crippen LogP contribution in [0.5, 0.6) is 0 Å². The van der Waals surface area contributed by atoms with Crippen LogP contribution < -0.4 is 0 Å². The van der Waals surface area contributed by atoms with Gasteiger partial charge in [-0.1, -0.05) is 12.1 Å². The predicted molar refractivity (Wildman–Crippen MR) is 79.0 cm³/mol. The van der Waals surface area contributed by atoms with Crippen LogP contribution in [0.15, 0.2) is 18.2 Å². The third-order valence-corrected chi connectivity index (χ3v) is 4.75. The van der Waals surface area contributed by atoms with Crippen LogP contribution in [0.2, 0.25) is 0 Å². The number of hydrogen-bond acceptors (Lipinski definition) is 7. The van der Waals surface area contributed by atoms with Gasteiger partial charge in [-0.3, -0.25) is 14.7 Å². The Morgan fingerprint density at radius 3 is 2.32 bits per heavy atom. The number of ether oxygens (including phenoxy) is 1. The number of carbonyl (C=O) groups is 1. The van der Waals surface area contributed by atoms with Crippen molar-refractivity contribution in [2.24, 2.45) is 0 Å². The zero-order chi connectivity index (χ0) is 16.8. The topological polar surface area (TPSA) is 105 Å². The van der Waals surface area contributed by atoms with E-state index in [1.54, 1.807) is 13.8 Å². The molecule has 0 unspecified atom stereocenters. The Balaban J connectivity index is 3.32. The molecule has 0 bridgehead atoms. The van der Waals surface area contributed by atoms with Gasteiger partial charge in [-0.25, -0.2) is 4.79 Å². The maximum Gasteiger partial charge on any atom is 0.344 e. The zero-order valence-corrected chi connectivity index (χ0v) is 13.5. The van der Waals surface area contributed by atoms with Crippen LogP contribution in [0.3, 0.4) is 0 Å². The average Bonchev–Trinajstić information content (AvgIpc) is 2.46. The second-order valence-corrected chi connectivity index (χ2v) is 6.22. The molecule has 0 aliphatic heterocycles. The minimum absolute atomic E-state index is 0.0955. The normalized spacial score (nSPS) is 11.2. The fourth-order valence-corrected chi connectivity index (χ4v) is 3.66. The van der Waals surface area contributed by atoms with E-state index in [0.29, 0.717) is 0 Å². The lowest BCUT2D eigenvalue weighted by Gasteiger charge is -2.17. The third kappa shape index (κ3) is 4.37. The first-order chi connectivity index (χ1) is 10.4. The fourth-order valence-electron chi connectivity index (χ4n) is 1.94. The van der Waals surface area contributed by atoms with Gasteiger partial charge in [-0.15, -0.1) is 0 Å². The van der Waals surface area contributed by atoms with Crippen molar-refractivity contribution in [3.8, 4) is 0 Å². The number of rotatable bonds is 8. The molecule has 0 atom stereocenters. The van der Waals surface area contributed by atoms with Gasteiger partial charge in [-0.2, -0.15) is 0 Å². The predicted octanol–water partition coefficient (Wildman–Crippen LogP) is 3.15. The number of benzene rings is 1.